The minimum atomic E-state index is -0.267. The molecule has 3 aromatic rings. The smallest absolute Gasteiger partial charge is 0.319 e. The van der Waals surface area contributed by atoms with Crippen LogP contribution >= 0.6 is 11.6 Å². The summed E-state index contributed by atoms with van der Waals surface area (Å²) in [6.07, 6.45) is 2.44. The van der Waals surface area contributed by atoms with Crippen LogP contribution in [0.3, 0.4) is 0 Å². The van der Waals surface area contributed by atoms with Crippen LogP contribution < -0.4 is 15.4 Å². The number of piperidine rings is 1. The first-order valence-corrected chi connectivity index (χ1v) is 10.7. The van der Waals surface area contributed by atoms with E-state index >= 15 is 0 Å². The molecule has 4 rings (SSSR count). The number of carbonyl (C=O) groups is 1. The normalized spacial score (nSPS) is 18.8. The molecule has 2 amide bonds. The van der Waals surface area contributed by atoms with Crippen molar-refractivity contribution in [2.45, 2.75) is 31.8 Å². The molecular formula is C22H25ClN6O3. The number of anilines is 1. The van der Waals surface area contributed by atoms with Crippen molar-refractivity contribution in [2.24, 2.45) is 0 Å². The number of methoxy groups -OCH3 is 1. The number of ether oxygens (including phenoxy) is 1. The highest BCUT2D eigenvalue weighted by molar-refractivity contribution is 6.30. The van der Waals surface area contributed by atoms with Crippen molar-refractivity contribution >= 4 is 23.3 Å². The minimum Gasteiger partial charge on any atom is -0.495 e. The zero-order valence-electron chi connectivity index (χ0n) is 17.9. The minimum absolute atomic E-state index is 0.0188. The number of amides is 2. The molecule has 9 nitrogen and oxygen atoms in total. The lowest BCUT2D eigenvalue weighted by Gasteiger charge is -2.38. The Hall–Kier alpha value is -3.17. The van der Waals surface area contributed by atoms with Gasteiger partial charge in [-0.05, 0) is 49.7 Å². The van der Waals surface area contributed by atoms with Gasteiger partial charge in [0.05, 0.1) is 19.9 Å². The van der Waals surface area contributed by atoms with Gasteiger partial charge in [-0.25, -0.2) is 4.79 Å². The summed E-state index contributed by atoms with van der Waals surface area (Å²) in [6.45, 7) is 3.82. The third kappa shape index (κ3) is 5.54. The molecule has 2 atom stereocenters. The number of likely N-dealkylation sites (tertiary alicyclic amines) is 1. The van der Waals surface area contributed by atoms with Crippen molar-refractivity contribution in [1.82, 2.24) is 25.3 Å². The molecular weight excluding hydrogens is 432 g/mol. The van der Waals surface area contributed by atoms with E-state index in [1.165, 1.54) is 0 Å². The highest BCUT2D eigenvalue weighted by Gasteiger charge is 2.33. The van der Waals surface area contributed by atoms with Crippen LogP contribution in [0.1, 0.15) is 29.7 Å². The van der Waals surface area contributed by atoms with E-state index in [1.54, 1.807) is 44.5 Å². The van der Waals surface area contributed by atoms with Gasteiger partial charge in [0.15, 0.2) is 5.82 Å². The first kappa shape index (κ1) is 22.0. The van der Waals surface area contributed by atoms with Crippen LogP contribution in [0, 0.1) is 6.92 Å². The Morgan fingerprint density at radius 1 is 1.28 bits per heavy atom. The number of aryl methyl sites for hydroxylation is 1. The second kappa shape index (κ2) is 9.97. The number of halogens is 1. The maximum atomic E-state index is 12.7. The van der Waals surface area contributed by atoms with Crippen molar-refractivity contribution in [1.29, 1.82) is 0 Å². The van der Waals surface area contributed by atoms with E-state index < -0.39 is 0 Å². The summed E-state index contributed by atoms with van der Waals surface area (Å²) in [5.74, 6) is 1.86. The summed E-state index contributed by atoms with van der Waals surface area (Å²) in [7, 11) is 1.61. The van der Waals surface area contributed by atoms with Crippen LogP contribution in [0.15, 0.2) is 47.1 Å². The molecule has 1 aromatic carbocycles. The maximum Gasteiger partial charge on any atom is 0.319 e. The molecule has 0 unspecified atom stereocenters. The van der Waals surface area contributed by atoms with Crippen LogP contribution in [0.5, 0.6) is 5.75 Å². The Bertz CT molecular complexity index is 1040. The first-order chi connectivity index (χ1) is 15.5. The topological polar surface area (TPSA) is 105 Å². The molecule has 0 saturated carbocycles. The lowest BCUT2D eigenvalue weighted by atomic mass is 9.88. The number of urea groups is 1. The summed E-state index contributed by atoms with van der Waals surface area (Å²) in [5.41, 5.74) is 1.56. The average Bonchev–Trinajstić information content (AvgIpc) is 3.21. The molecule has 168 valence electrons. The standard InChI is InChI=1S/C22H25ClN6O3/c1-14-25-21(32-28-14)13-29-10-9-20(18(12-29)19-8-7-17(31-2)11-24-19)27-22(30)26-16-5-3-15(23)4-6-16/h3-8,11,18,20H,9-10,12-13H2,1-2H3,(H2,26,27,30)/t18-,20+/m0/s1. The Morgan fingerprint density at radius 2 is 2.09 bits per heavy atom. The predicted molar refractivity (Wildman–Crippen MR) is 120 cm³/mol. The molecule has 1 fully saturated rings. The van der Waals surface area contributed by atoms with Gasteiger partial charge in [-0.1, -0.05) is 16.8 Å². The van der Waals surface area contributed by atoms with Gasteiger partial charge in [0, 0.05) is 41.5 Å². The Kier molecular flexibility index (Phi) is 6.87. The van der Waals surface area contributed by atoms with Gasteiger partial charge in [0.2, 0.25) is 5.89 Å². The molecule has 0 radical (unpaired) electrons. The molecule has 2 aromatic heterocycles. The molecule has 3 heterocycles. The van der Waals surface area contributed by atoms with Gasteiger partial charge in [-0.15, -0.1) is 0 Å². The number of nitrogens with zero attached hydrogens (tertiary/aromatic N) is 4. The number of hydrogen-bond donors (Lipinski definition) is 2. The van der Waals surface area contributed by atoms with E-state index in [0.29, 0.717) is 41.3 Å². The monoisotopic (exact) mass is 456 g/mol. The highest BCUT2D eigenvalue weighted by atomic mass is 35.5. The molecule has 1 aliphatic heterocycles. The van der Waals surface area contributed by atoms with Crippen LogP contribution in [0.2, 0.25) is 5.02 Å². The highest BCUT2D eigenvalue weighted by Crippen LogP contribution is 2.28. The van der Waals surface area contributed by atoms with E-state index in [1.807, 2.05) is 12.1 Å². The van der Waals surface area contributed by atoms with E-state index in [9.17, 15) is 4.79 Å². The predicted octanol–water partition coefficient (Wildman–Crippen LogP) is 3.61. The number of rotatable bonds is 6. The number of aromatic nitrogens is 3. The fourth-order valence-electron chi connectivity index (χ4n) is 3.83. The quantitative estimate of drug-likeness (QED) is 0.583. The molecule has 1 saturated heterocycles. The van der Waals surface area contributed by atoms with Crippen LogP contribution in [0.25, 0.3) is 0 Å². The Morgan fingerprint density at radius 3 is 2.75 bits per heavy atom. The van der Waals surface area contributed by atoms with E-state index in [0.717, 1.165) is 18.7 Å². The van der Waals surface area contributed by atoms with Crippen LogP contribution in [0.4, 0.5) is 10.5 Å². The molecule has 0 aliphatic carbocycles. The van der Waals surface area contributed by atoms with Gasteiger partial charge in [-0.3, -0.25) is 9.88 Å². The van der Waals surface area contributed by atoms with Gasteiger partial charge < -0.3 is 19.9 Å². The fraction of sp³-hybridized carbons (Fsp3) is 0.364. The number of hydrogen-bond acceptors (Lipinski definition) is 7. The van der Waals surface area contributed by atoms with E-state index in [4.69, 9.17) is 20.9 Å². The number of nitrogens with one attached hydrogen (secondary N) is 2. The van der Waals surface area contributed by atoms with Crippen molar-refractivity contribution in [3.05, 3.63) is 65.0 Å². The molecule has 10 heteroatoms. The van der Waals surface area contributed by atoms with Gasteiger partial charge in [0.25, 0.3) is 0 Å². The molecule has 0 bridgehead atoms. The fourth-order valence-corrected chi connectivity index (χ4v) is 3.96. The summed E-state index contributed by atoms with van der Waals surface area (Å²) in [6, 6.07) is 10.5. The van der Waals surface area contributed by atoms with Crippen molar-refractivity contribution in [3.8, 4) is 5.75 Å². The SMILES string of the molecule is COc1ccc([C@@H]2CN(Cc3nc(C)no3)CC[C@H]2NC(=O)Nc2ccc(Cl)cc2)nc1. The van der Waals surface area contributed by atoms with Crippen LogP contribution in [-0.2, 0) is 6.54 Å². The average molecular weight is 457 g/mol. The third-order valence-electron chi connectivity index (χ3n) is 5.42. The zero-order valence-corrected chi connectivity index (χ0v) is 18.7. The van der Waals surface area contributed by atoms with Crippen molar-refractivity contribution in [2.75, 3.05) is 25.5 Å². The van der Waals surface area contributed by atoms with Gasteiger partial charge >= 0.3 is 6.03 Å². The number of carbonyl (C=O) groups excluding carboxylic acids is 1. The molecule has 32 heavy (non-hydrogen) atoms. The third-order valence-corrected chi connectivity index (χ3v) is 5.67. The largest absolute Gasteiger partial charge is 0.495 e. The van der Waals surface area contributed by atoms with Crippen molar-refractivity contribution in [3.63, 3.8) is 0 Å². The molecule has 2 N–H and O–H groups in total. The second-order valence-corrected chi connectivity index (χ2v) is 8.14. The Balaban J connectivity index is 1.47. The van der Waals surface area contributed by atoms with E-state index in [2.05, 4.69) is 30.7 Å². The summed E-state index contributed by atoms with van der Waals surface area (Å²) >= 11 is 5.92. The molecule has 0 spiro atoms. The summed E-state index contributed by atoms with van der Waals surface area (Å²) in [4.78, 5) is 23.8. The summed E-state index contributed by atoms with van der Waals surface area (Å²) < 4.78 is 10.5. The number of pyridine rings is 1. The maximum absolute atomic E-state index is 12.7. The molecule has 1 aliphatic rings. The van der Waals surface area contributed by atoms with Gasteiger partial charge in [0.1, 0.15) is 5.75 Å². The first-order valence-electron chi connectivity index (χ1n) is 10.3. The second-order valence-electron chi connectivity index (χ2n) is 7.70. The van der Waals surface area contributed by atoms with E-state index in [-0.39, 0.29) is 18.0 Å². The number of benzene rings is 1. The van der Waals surface area contributed by atoms with Crippen LogP contribution in [-0.4, -0.2) is 52.3 Å². The van der Waals surface area contributed by atoms with Gasteiger partial charge in [-0.2, -0.15) is 4.98 Å². The zero-order chi connectivity index (χ0) is 22.5. The van der Waals surface area contributed by atoms with Crippen molar-refractivity contribution < 1.29 is 14.1 Å². The summed E-state index contributed by atoms with van der Waals surface area (Å²) in [5, 5.41) is 10.5. The lowest BCUT2D eigenvalue weighted by Crippen LogP contribution is -2.50. The lowest BCUT2D eigenvalue weighted by molar-refractivity contribution is 0.151. The Labute approximate surface area is 191 Å².